The topological polar surface area (TPSA) is 63.3 Å². The first-order valence-corrected chi connectivity index (χ1v) is 6.34. The quantitative estimate of drug-likeness (QED) is 0.450. The average Bonchev–Trinajstić information content (AvgIpc) is 2.89. The number of aryl methyl sites for hydroxylation is 1. The van der Waals surface area contributed by atoms with E-state index in [0.717, 1.165) is 22.2 Å². The van der Waals surface area contributed by atoms with Gasteiger partial charge in [0.25, 0.3) is 0 Å². The van der Waals surface area contributed by atoms with E-state index in [1.165, 1.54) is 0 Å². The Morgan fingerprint density at radius 2 is 1.90 bits per heavy atom. The van der Waals surface area contributed by atoms with E-state index in [2.05, 4.69) is 15.5 Å². The summed E-state index contributed by atoms with van der Waals surface area (Å²) in [5, 5.41) is 20.8. The van der Waals surface area contributed by atoms with Crippen molar-refractivity contribution in [2.45, 2.75) is 13.5 Å². The Bertz CT molecular complexity index is 759. The molecule has 0 saturated carbocycles. The van der Waals surface area contributed by atoms with Crippen LogP contribution in [0.3, 0.4) is 0 Å². The van der Waals surface area contributed by atoms with E-state index in [4.69, 9.17) is 0 Å². The van der Waals surface area contributed by atoms with E-state index >= 15 is 0 Å². The Morgan fingerprint density at radius 1 is 1.15 bits per heavy atom. The summed E-state index contributed by atoms with van der Waals surface area (Å²) < 4.78 is 1.73. The standard InChI is InChI=1S/C15H14N4O/c1-11-6-8-12(9-7-11)14(17-20)10-19-15-5-3-2-4-13(15)16-18-19/h2-9,20H,10H2,1H3/b17-14-. The molecule has 0 unspecified atom stereocenters. The van der Waals surface area contributed by atoms with Crippen LogP contribution in [0, 0.1) is 6.92 Å². The Hall–Kier alpha value is -2.69. The lowest BCUT2D eigenvalue weighted by atomic mass is 10.1. The van der Waals surface area contributed by atoms with Crippen molar-refractivity contribution in [3.05, 3.63) is 59.7 Å². The summed E-state index contributed by atoms with van der Waals surface area (Å²) in [5.41, 5.74) is 4.34. The molecular formula is C15H14N4O. The highest BCUT2D eigenvalue weighted by atomic mass is 16.4. The van der Waals surface area contributed by atoms with Gasteiger partial charge in [-0.1, -0.05) is 52.3 Å². The van der Waals surface area contributed by atoms with Crippen molar-refractivity contribution in [3.8, 4) is 0 Å². The molecule has 0 aliphatic rings. The van der Waals surface area contributed by atoms with Crippen molar-refractivity contribution in [3.63, 3.8) is 0 Å². The number of oxime groups is 1. The van der Waals surface area contributed by atoms with Gasteiger partial charge in [-0.25, -0.2) is 4.68 Å². The molecule has 0 saturated heterocycles. The molecule has 0 spiro atoms. The normalized spacial score (nSPS) is 11.9. The average molecular weight is 266 g/mol. The Balaban J connectivity index is 1.94. The largest absolute Gasteiger partial charge is 0.411 e. The second-order valence-corrected chi connectivity index (χ2v) is 4.65. The smallest absolute Gasteiger partial charge is 0.113 e. The van der Waals surface area contributed by atoms with Gasteiger partial charge in [-0.3, -0.25) is 0 Å². The first-order chi connectivity index (χ1) is 9.78. The maximum absolute atomic E-state index is 9.25. The Morgan fingerprint density at radius 3 is 2.65 bits per heavy atom. The van der Waals surface area contributed by atoms with Crippen molar-refractivity contribution in [2.75, 3.05) is 0 Å². The van der Waals surface area contributed by atoms with Crippen molar-refractivity contribution < 1.29 is 5.21 Å². The molecule has 0 aliphatic heterocycles. The fraction of sp³-hybridized carbons (Fsp3) is 0.133. The number of para-hydroxylation sites is 1. The van der Waals surface area contributed by atoms with Gasteiger partial charge in [-0.2, -0.15) is 0 Å². The van der Waals surface area contributed by atoms with E-state index in [1.54, 1.807) is 4.68 Å². The van der Waals surface area contributed by atoms with E-state index in [0.29, 0.717) is 12.3 Å². The maximum atomic E-state index is 9.25. The fourth-order valence-corrected chi connectivity index (χ4v) is 2.10. The third-order valence-electron chi connectivity index (χ3n) is 3.23. The maximum Gasteiger partial charge on any atom is 0.113 e. The molecule has 1 aromatic heterocycles. The predicted octanol–water partition coefficient (Wildman–Crippen LogP) is 2.62. The van der Waals surface area contributed by atoms with Crippen LogP contribution in [0.2, 0.25) is 0 Å². The van der Waals surface area contributed by atoms with E-state index in [1.807, 2.05) is 55.5 Å². The molecule has 0 radical (unpaired) electrons. The van der Waals surface area contributed by atoms with Crippen LogP contribution in [-0.2, 0) is 6.54 Å². The Kier molecular flexibility index (Phi) is 3.16. The molecule has 1 heterocycles. The summed E-state index contributed by atoms with van der Waals surface area (Å²) >= 11 is 0. The number of hydrogen-bond donors (Lipinski definition) is 1. The van der Waals surface area contributed by atoms with Gasteiger partial charge in [-0.05, 0) is 19.1 Å². The number of aromatic nitrogens is 3. The van der Waals surface area contributed by atoms with Crippen LogP contribution in [0.1, 0.15) is 11.1 Å². The van der Waals surface area contributed by atoms with Crippen molar-refractivity contribution in [2.24, 2.45) is 5.16 Å². The molecule has 3 aromatic rings. The van der Waals surface area contributed by atoms with Gasteiger partial charge in [0, 0.05) is 5.56 Å². The van der Waals surface area contributed by atoms with Gasteiger partial charge in [-0.15, -0.1) is 5.10 Å². The van der Waals surface area contributed by atoms with Gasteiger partial charge in [0.1, 0.15) is 11.2 Å². The van der Waals surface area contributed by atoms with Gasteiger partial charge >= 0.3 is 0 Å². The lowest BCUT2D eigenvalue weighted by Gasteiger charge is -2.06. The van der Waals surface area contributed by atoms with Gasteiger partial charge in [0.05, 0.1) is 12.1 Å². The molecule has 0 amide bonds. The van der Waals surface area contributed by atoms with Gasteiger partial charge in [0.2, 0.25) is 0 Å². The minimum absolute atomic E-state index is 0.375. The van der Waals surface area contributed by atoms with Crippen LogP contribution in [0.4, 0.5) is 0 Å². The summed E-state index contributed by atoms with van der Waals surface area (Å²) in [6.07, 6.45) is 0. The minimum atomic E-state index is 0.375. The van der Waals surface area contributed by atoms with Crippen LogP contribution >= 0.6 is 0 Å². The second kappa shape index (κ2) is 5.13. The van der Waals surface area contributed by atoms with Crippen molar-refractivity contribution in [1.29, 1.82) is 0 Å². The number of hydrogen-bond acceptors (Lipinski definition) is 4. The van der Waals surface area contributed by atoms with Crippen LogP contribution in [0.15, 0.2) is 53.7 Å². The highest BCUT2D eigenvalue weighted by molar-refractivity contribution is 6.00. The molecule has 100 valence electrons. The van der Waals surface area contributed by atoms with Crippen LogP contribution in [0.25, 0.3) is 11.0 Å². The molecule has 5 nitrogen and oxygen atoms in total. The molecular weight excluding hydrogens is 252 g/mol. The lowest BCUT2D eigenvalue weighted by Crippen LogP contribution is -2.13. The third kappa shape index (κ3) is 2.25. The number of nitrogens with zero attached hydrogens (tertiary/aromatic N) is 4. The summed E-state index contributed by atoms with van der Waals surface area (Å²) in [7, 11) is 0. The summed E-state index contributed by atoms with van der Waals surface area (Å²) in [6, 6.07) is 15.5. The second-order valence-electron chi connectivity index (χ2n) is 4.65. The first kappa shape index (κ1) is 12.3. The zero-order valence-corrected chi connectivity index (χ0v) is 11.1. The molecule has 0 aliphatic carbocycles. The zero-order valence-electron chi connectivity index (χ0n) is 11.1. The lowest BCUT2D eigenvalue weighted by molar-refractivity contribution is 0.317. The van der Waals surface area contributed by atoms with Gasteiger partial charge in [0.15, 0.2) is 0 Å². The summed E-state index contributed by atoms with van der Waals surface area (Å²) in [5.74, 6) is 0. The van der Waals surface area contributed by atoms with E-state index in [9.17, 15) is 5.21 Å². The molecule has 0 fully saturated rings. The first-order valence-electron chi connectivity index (χ1n) is 6.34. The number of benzene rings is 2. The molecule has 3 rings (SSSR count). The van der Waals surface area contributed by atoms with Gasteiger partial charge < -0.3 is 5.21 Å². The zero-order chi connectivity index (χ0) is 13.9. The van der Waals surface area contributed by atoms with Crippen LogP contribution in [-0.4, -0.2) is 25.9 Å². The summed E-state index contributed by atoms with van der Waals surface area (Å²) in [4.78, 5) is 0. The number of fused-ring (bicyclic) bond motifs is 1. The van der Waals surface area contributed by atoms with Crippen LogP contribution < -0.4 is 0 Å². The molecule has 0 bridgehead atoms. The van der Waals surface area contributed by atoms with Crippen molar-refractivity contribution in [1.82, 2.24) is 15.0 Å². The minimum Gasteiger partial charge on any atom is -0.411 e. The predicted molar refractivity (Wildman–Crippen MR) is 77.0 cm³/mol. The fourth-order valence-electron chi connectivity index (χ4n) is 2.10. The highest BCUT2D eigenvalue weighted by Crippen LogP contribution is 2.12. The molecule has 5 heteroatoms. The number of rotatable bonds is 3. The SMILES string of the molecule is Cc1ccc(/C(Cn2nnc3ccccc32)=N\O)cc1. The molecule has 1 N–H and O–H groups in total. The highest BCUT2D eigenvalue weighted by Gasteiger charge is 2.09. The summed E-state index contributed by atoms with van der Waals surface area (Å²) in [6.45, 7) is 2.39. The molecule has 0 atom stereocenters. The third-order valence-corrected chi connectivity index (χ3v) is 3.23. The van der Waals surface area contributed by atoms with E-state index in [-0.39, 0.29) is 0 Å². The van der Waals surface area contributed by atoms with Crippen LogP contribution in [0.5, 0.6) is 0 Å². The Labute approximate surface area is 116 Å². The monoisotopic (exact) mass is 266 g/mol. The van der Waals surface area contributed by atoms with Crippen molar-refractivity contribution >= 4 is 16.7 Å². The van der Waals surface area contributed by atoms with E-state index < -0.39 is 0 Å². The molecule has 2 aromatic carbocycles. The molecule has 20 heavy (non-hydrogen) atoms.